The van der Waals surface area contributed by atoms with Gasteiger partial charge in [0.25, 0.3) is 0 Å². The standard InChI is InChI=1S/2C20H25N5O4/c2*1-3-5-10-29-19-23-17(21)16-18(24-19)25(20(27)22-16)12-14-8-6-13(7-9-14)11-15(26)28-4-2/h2*6-9H,3-5,10-12H2,1-2H3,(H,22,27)(H2,21,23,24). The fourth-order valence-corrected chi connectivity index (χ4v) is 5.75. The predicted octanol–water partition coefficient (Wildman–Crippen LogP) is 4.07. The van der Waals surface area contributed by atoms with Crippen LogP contribution in [-0.4, -0.2) is 77.4 Å². The van der Waals surface area contributed by atoms with Gasteiger partial charge in [-0.15, -0.1) is 0 Å². The zero-order valence-corrected chi connectivity index (χ0v) is 33.2. The average molecular weight is 799 g/mol. The van der Waals surface area contributed by atoms with Crippen molar-refractivity contribution in [3.63, 3.8) is 0 Å². The number of nitrogens with one attached hydrogen (secondary N) is 2. The Morgan fingerprint density at radius 2 is 0.948 bits per heavy atom. The first-order valence-corrected chi connectivity index (χ1v) is 19.3. The van der Waals surface area contributed by atoms with E-state index in [-0.39, 0.29) is 59.8 Å². The molecule has 0 saturated heterocycles. The van der Waals surface area contributed by atoms with E-state index >= 15 is 0 Å². The molecule has 6 aromatic rings. The van der Waals surface area contributed by atoms with Crippen LogP contribution in [0.2, 0.25) is 0 Å². The fourth-order valence-electron chi connectivity index (χ4n) is 5.75. The Bertz CT molecular complexity index is 2250. The van der Waals surface area contributed by atoms with Crippen molar-refractivity contribution in [3.8, 4) is 12.0 Å². The van der Waals surface area contributed by atoms with Gasteiger partial charge in [0.05, 0.1) is 52.4 Å². The number of imidazole rings is 2. The molecule has 0 radical (unpaired) electrons. The molecule has 0 unspecified atom stereocenters. The molecule has 0 fully saturated rings. The molecule has 6 rings (SSSR count). The van der Waals surface area contributed by atoms with Gasteiger partial charge in [-0.3, -0.25) is 18.7 Å². The molecule has 0 aliphatic carbocycles. The Kier molecular flexibility index (Phi) is 15.0. The van der Waals surface area contributed by atoms with Crippen molar-refractivity contribution in [2.45, 2.75) is 79.3 Å². The van der Waals surface area contributed by atoms with Crippen molar-refractivity contribution in [2.75, 3.05) is 37.9 Å². The number of aromatic nitrogens is 8. The number of rotatable bonds is 18. The van der Waals surface area contributed by atoms with E-state index in [9.17, 15) is 19.2 Å². The summed E-state index contributed by atoms with van der Waals surface area (Å²) in [7, 11) is 0. The second-order valence-corrected chi connectivity index (χ2v) is 13.2. The highest BCUT2D eigenvalue weighted by Gasteiger charge is 2.17. The molecular weight excluding hydrogens is 749 g/mol. The summed E-state index contributed by atoms with van der Waals surface area (Å²) >= 11 is 0. The van der Waals surface area contributed by atoms with Crippen LogP contribution in [-0.2, 0) is 45.0 Å². The first kappa shape index (κ1) is 42.4. The summed E-state index contributed by atoms with van der Waals surface area (Å²) in [6, 6.07) is 15.1. The van der Waals surface area contributed by atoms with Gasteiger partial charge >= 0.3 is 35.3 Å². The first-order chi connectivity index (χ1) is 28.0. The number of nitrogen functional groups attached to an aromatic ring is 2. The Hall–Kier alpha value is -6.72. The molecule has 18 nitrogen and oxygen atoms in total. The van der Waals surface area contributed by atoms with Crippen LogP contribution in [0.5, 0.6) is 12.0 Å². The molecule has 0 saturated carbocycles. The van der Waals surface area contributed by atoms with E-state index in [4.69, 9.17) is 30.4 Å². The maximum absolute atomic E-state index is 12.4. The number of nitrogens with zero attached hydrogens (tertiary/aromatic N) is 6. The lowest BCUT2D eigenvalue weighted by atomic mass is 10.1. The number of H-pyrrole nitrogens is 2. The molecule has 0 bridgehead atoms. The van der Waals surface area contributed by atoms with Crippen molar-refractivity contribution in [1.82, 2.24) is 39.0 Å². The van der Waals surface area contributed by atoms with E-state index in [1.165, 1.54) is 9.13 Å². The van der Waals surface area contributed by atoms with Crippen molar-refractivity contribution >= 4 is 45.9 Å². The van der Waals surface area contributed by atoms with Gasteiger partial charge in [-0.1, -0.05) is 75.2 Å². The molecule has 0 atom stereocenters. The van der Waals surface area contributed by atoms with Crippen LogP contribution in [0.3, 0.4) is 0 Å². The number of carbonyl (C=O) groups is 2. The molecule has 0 spiro atoms. The van der Waals surface area contributed by atoms with Crippen molar-refractivity contribution < 1.29 is 28.5 Å². The third-order valence-corrected chi connectivity index (χ3v) is 8.75. The van der Waals surface area contributed by atoms with Gasteiger partial charge in [0.1, 0.15) is 11.0 Å². The fraction of sp³-hybridized carbons (Fsp3) is 0.400. The average Bonchev–Trinajstić information content (AvgIpc) is 3.68. The third kappa shape index (κ3) is 11.2. The lowest BCUT2D eigenvalue weighted by molar-refractivity contribution is -0.143. The molecule has 308 valence electrons. The number of carbonyl (C=O) groups excluding carboxylic acids is 2. The largest absolute Gasteiger partial charge is 0.466 e. The lowest BCUT2D eigenvalue weighted by Crippen LogP contribution is -2.18. The number of anilines is 2. The summed E-state index contributed by atoms with van der Waals surface area (Å²) in [5.41, 5.74) is 16.3. The monoisotopic (exact) mass is 798 g/mol. The summed E-state index contributed by atoms with van der Waals surface area (Å²) in [6.45, 7) is 9.94. The molecule has 0 aliphatic heterocycles. The highest BCUT2D eigenvalue weighted by atomic mass is 16.5. The lowest BCUT2D eigenvalue weighted by Gasteiger charge is -2.07. The molecule has 0 aliphatic rings. The van der Waals surface area contributed by atoms with Crippen molar-refractivity contribution in [2.24, 2.45) is 0 Å². The van der Waals surface area contributed by atoms with Gasteiger partial charge < -0.3 is 40.4 Å². The molecule has 18 heteroatoms. The van der Waals surface area contributed by atoms with Crippen LogP contribution in [0.4, 0.5) is 11.6 Å². The van der Waals surface area contributed by atoms with Gasteiger partial charge in [-0.2, -0.15) is 19.9 Å². The summed E-state index contributed by atoms with van der Waals surface area (Å²) < 4.78 is 24.0. The summed E-state index contributed by atoms with van der Waals surface area (Å²) in [4.78, 5) is 70.4. The Balaban J connectivity index is 0.000000221. The number of fused-ring (bicyclic) bond motifs is 2. The van der Waals surface area contributed by atoms with Gasteiger partial charge in [-0.25, -0.2) is 9.59 Å². The number of hydrogen-bond donors (Lipinski definition) is 4. The molecule has 58 heavy (non-hydrogen) atoms. The predicted molar refractivity (Wildman–Crippen MR) is 218 cm³/mol. The van der Waals surface area contributed by atoms with E-state index in [0.29, 0.717) is 61.8 Å². The van der Waals surface area contributed by atoms with Crippen LogP contribution in [0.15, 0.2) is 58.1 Å². The number of unbranched alkanes of at least 4 members (excludes halogenated alkanes) is 2. The number of ether oxygens (including phenoxy) is 4. The van der Waals surface area contributed by atoms with E-state index in [2.05, 4.69) is 43.8 Å². The third-order valence-electron chi connectivity index (χ3n) is 8.75. The number of esters is 2. The van der Waals surface area contributed by atoms with E-state index < -0.39 is 0 Å². The smallest absolute Gasteiger partial charge is 0.328 e. The number of hydrogen-bond acceptors (Lipinski definition) is 14. The second kappa shape index (κ2) is 20.4. The zero-order chi connectivity index (χ0) is 41.6. The maximum Gasteiger partial charge on any atom is 0.328 e. The summed E-state index contributed by atoms with van der Waals surface area (Å²) in [5.74, 6) is -0.198. The molecule has 4 heterocycles. The Morgan fingerprint density at radius 3 is 1.29 bits per heavy atom. The number of aromatic amines is 2. The van der Waals surface area contributed by atoms with Gasteiger partial charge in [-0.05, 0) is 48.9 Å². The minimum absolute atomic E-state index is 0.154. The summed E-state index contributed by atoms with van der Waals surface area (Å²) in [6.07, 6.45) is 4.14. The van der Waals surface area contributed by atoms with Gasteiger partial charge in [0.2, 0.25) is 0 Å². The number of nitrogens with two attached hydrogens (primary N) is 2. The highest BCUT2D eigenvalue weighted by Crippen LogP contribution is 2.21. The van der Waals surface area contributed by atoms with Gasteiger partial charge in [0.15, 0.2) is 22.9 Å². The van der Waals surface area contributed by atoms with Crippen molar-refractivity contribution in [1.29, 1.82) is 0 Å². The molecular formula is C40H50N10O8. The number of benzene rings is 2. The van der Waals surface area contributed by atoms with Crippen LogP contribution in [0.25, 0.3) is 22.3 Å². The maximum atomic E-state index is 12.4. The van der Waals surface area contributed by atoms with Gasteiger partial charge in [0, 0.05) is 0 Å². The topological polar surface area (TPSA) is 250 Å². The Morgan fingerprint density at radius 1 is 0.586 bits per heavy atom. The summed E-state index contributed by atoms with van der Waals surface area (Å²) in [5, 5.41) is 0. The SMILES string of the molecule is CCCCOc1nc(N)c2[nH]c(=O)n(Cc3ccc(CC(=O)OCC)cc3)c2n1.CCCCOc1nc(N)c2[nH]c(=O)n(Cc3ccc(CC(=O)OCC)cc3)c2n1. The van der Waals surface area contributed by atoms with E-state index in [1.807, 2.05) is 48.5 Å². The van der Waals surface area contributed by atoms with Crippen LogP contribution >= 0.6 is 0 Å². The first-order valence-electron chi connectivity index (χ1n) is 19.3. The Labute approximate surface area is 333 Å². The molecule has 4 aromatic heterocycles. The second-order valence-electron chi connectivity index (χ2n) is 13.2. The van der Waals surface area contributed by atoms with Crippen LogP contribution in [0.1, 0.15) is 75.6 Å². The van der Waals surface area contributed by atoms with Crippen LogP contribution < -0.4 is 32.3 Å². The normalized spacial score (nSPS) is 11.0. The minimum Gasteiger partial charge on any atom is -0.466 e. The molecule has 2 aromatic carbocycles. The minimum atomic E-state index is -0.331. The van der Waals surface area contributed by atoms with E-state index in [0.717, 1.165) is 47.9 Å². The van der Waals surface area contributed by atoms with E-state index in [1.54, 1.807) is 13.8 Å². The quantitative estimate of drug-likeness (QED) is 0.0707. The zero-order valence-electron chi connectivity index (χ0n) is 33.2. The van der Waals surface area contributed by atoms with Crippen LogP contribution in [0, 0.1) is 0 Å². The van der Waals surface area contributed by atoms with Crippen molar-refractivity contribution in [3.05, 3.63) is 91.8 Å². The molecule has 6 N–H and O–H groups in total. The molecule has 0 amide bonds. The highest BCUT2D eigenvalue weighted by molar-refractivity contribution is 5.82.